The van der Waals surface area contributed by atoms with E-state index in [-0.39, 0.29) is 34.1 Å². The topological polar surface area (TPSA) is 72.2 Å². The molecule has 0 bridgehead atoms. The Kier molecular flexibility index (Phi) is 5.93. The van der Waals surface area contributed by atoms with Crippen molar-refractivity contribution >= 4 is 31.7 Å². The number of aryl methyl sites for hydroxylation is 1. The second kappa shape index (κ2) is 8.64. The molecule has 0 saturated carbocycles. The minimum absolute atomic E-state index is 0.0304. The van der Waals surface area contributed by atoms with Gasteiger partial charge >= 0.3 is 0 Å². The molecule has 1 aromatic heterocycles. The van der Waals surface area contributed by atoms with Crippen LogP contribution in [-0.2, 0) is 16.4 Å². The Hall–Kier alpha value is -2.97. The summed E-state index contributed by atoms with van der Waals surface area (Å²) in [6.45, 7) is 2.12. The van der Waals surface area contributed by atoms with Gasteiger partial charge in [-0.25, -0.2) is 12.8 Å². The normalized spacial score (nSPS) is 11.5. The molecule has 0 fully saturated rings. The largest absolute Gasteiger partial charge is 0.419 e. The monoisotopic (exact) mass is 500 g/mol. The molecule has 0 spiro atoms. The molecule has 3 aromatic carbocycles. The van der Waals surface area contributed by atoms with Crippen LogP contribution in [-0.4, -0.2) is 13.4 Å². The molecular formula is C23H18BrFN2O3S. The van der Waals surface area contributed by atoms with Gasteiger partial charge in [0.2, 0.25) is 26.6 Å². The first-order valence-electron chi connectivity index (χ1n) is 9.40. The van der Waals surface area contributed by atoms with E-state index in [9.17, 15) is 12.8 Å². The molecule has 0 unspecified atom stereocenters. The highest BCUT2D eigenvalue weighted by Crippen LogP contribution is 2.33. The third-order valence-corrected chi connectivity index (χ3v) is 6.85. The fourth-order valence-electron chi connectivity index (χ4n) is 2.93. The van der Waals surface area contributed by atoms with Gasteiger partial charge in [-0.2, -0.15) is 4.98 Å². The molecule has 5 nitrogen and oxygen atoms in total. The van der Waals surface area contributed by atoms with Crippen molar-refractivity contribution in [3.05, 3.63) is 94.2 Å². The smallest absolute Gasteiger partial charge is 0.234 e. The number of oxazole rings is 1. The van der Waals surface area contributed by atoms with Gasteiger partial charge in [0.25, 0.3) is 0 Å². The van der Waals surface area contributed by atoms with Crippen molar-refractivity contribution in [2.24, 2.45) is 0 Å². The Morgan fingerprint density at radius 2 is 1.61 bits per heavy atom. The summed E-state index contributed by atoms with van der Waals surface area (Å²) in [7, 11) is -3.93. The van der Waals surface area contributed by atoms with Gasteiger partial charge in [0.1, 0.15) is 5.82 Å². The van der Waals surface area contributed by atoms with Gasteiger partial charge in [-0.15, -0.1) is 0 Å². The average molecular weight is 501 g/mol. The molecule has 4 rings (SSSR count). The number of aromatic nitrogens is 1. The molecule has 4 aromatic rings. The van der Waals surface area contributed by atoms with Crippen LogP contribution in [0.25, 0.3) is 11.5 Å². The molecule has 0 aliphatic rings. The van der Waals surface area contributed by atoms with E-state index in [0.29, 0.717) is 5.56 Å². The maximum atomic E-state index is 13.3. The first kappa shape index (κ1) is 21.3. The number of nitrogens with one attached hydrogen (secondary N) is 1. The van der Waals surface area contributed by atoms with Gasteiger partial charge in [-0.3, -0.25) is 0 Å². The van der Waals surface area contributed by atoms with Crippen LogP contribution in [0.15, 0.2) is 91.6 Å². The van der Waals surface area contributed by atoms with E-state index in [1.54, 1.807) is 48.5 Å². The lowest BCUT2D eigenvalue weighted by Gasteiger charge is -2.07. The van der Waals surface area contributed by atoms with E-state index in [4.69, 9.17) is 4.42 Å². The van der Waals surface area contributed by atoms with Crippen LogP contribution < -0.4 is 5.32 Å². The lowest BCUT2D eigenvalue weighted by molar-refractivity contribution is 0.576. The minimum atomic E-state index is -3.93. The minimum Gasteiger partial charge on any atom is -0.419 e. The standard InChI is InChI=1S/C23H18BrFN2O3S/c1-15-2-12-20(13-3-15)31(28,29)23-22(26-14-16-4-10-19(25)11-5-16)30-21(27-23)17-6-8-18(24)9-7-17/h2-13,26H,14H2,1H3. The molecule has 8 heteroatoms. The maximum Gasteiger partial charge on any atom is 0.234 e. The van der Waals surface area contributed by atoms with Crippen LogP contribution in [0, 0.1) is 12.7 Å². The Bertz CT molecular complexity index is 1300. The first-order chi connectivity index (χ1) is 14.8. The van der Waals surface area contributed by atoms with Crippen LogP contribution in [0.2, 0.25) is 0 Å². The number of sulfone groups is 1. The quantitative estimate of drug-likeness (QED) is 0.351. The van der Waals surface area contributed by atoms with Gasteiger partial charge < -0.3 is 9.73 Å². The summed E-state index contributed by atoms with van der Waals surface area (Å²) in [5, 5.41) is 2.80. The molecule has 1 heterocycles. The first-order valence-corrected chi connectivity index (χ1v) is 11.7. The molecule has 0 aliphatic heterocycles. The molecule has 0 atom stereocenters. The van der Waals surface area contributed by atoms with Gasteiger partial charge in [0, 0.05) is 16.6 Å². The highest BCUT2D eigenvalue weighted by atomic mass is 79.9. The Labute approximate surface area is 188 Å². The number of nitrogens with zero attached hydrogens (tertiary/aromatic N) is 1. The van der Waals surface area contributed by atoms with Crippen molar-refractivity contribution in [1.29, 1.82) is 0 Å². The van der Waals surface area contributed by atoms with E-state index in [2.05, 4.69) is 26.2 Å². The van der Waals surface area contributed by atoms with Crippen molar-refractivity contribution in [1.82, 2.24) is 4.98 Å². The molecule has 0 radical (unpaired) electrons. The zero-order valence-corrected chi connectivity index (χ0v) is 18.9. The summed E-state index contributed by atoms with van der Waals surface area (Å²) in [5.74, 6) is -0.133. The maximum absolute atomic E-state index is 13.3. The molecule has 0 amide bonds. The number of benzene rings is 3. The Balaban J connectivity index is 1.74. The molecule has 0 aliphatic carbocycles. The fourth-order valence-corrected chi connectivity index (χ4v) is 4.47. The summed E-state index contributed by atoms with van der Waals surface area (Å²) < 4.78 is 46.5. The molecule has 0 saturated heterocycles. The van der Waals surface area contributed by atoms with E-state index < -0.39 is 9.84 Å². The van der Waals surface area contributed by atoms with E-state index >= 15 is 0 Å². The zero-order valence-electron chi connectivity index (χ0n) is 16.5. The van der Waals surface area contributed by atoms with Gasteiger partial charge in [0.05, 0.1) is 4.90 Å². The van der Waals surface area contributed by atoms with Gasteiger partial charge in [-0.1, -0.05) is 45.8 Å². The Morgan fingerprint density at radius 1 is 0.968 bits per heavy atom. The predicted octanol–water partition coefficient (Wildman–Crippen LogP) is 6.00. The summed E-state index contributed by atoms with van der Waals surface area (Å²) in [4.78, 5) is 4.44. The van der Waals surface area contributed by atoms with Crippen LogP contribution in [0.4, 0.5) is 10.3 Å². The number of hydrogen-bond acceptors (Lipinski definition) is 5. The van der Waals surface area contributed by atoms with Gasteiger partial charge in [0.15, 0.2) is 0 Å². The van der Waals surface area contributed by atoms with Crippen LogP contribution in [0.1, 0.15) is 11.1 Å². The van der Waals surface area contributed by atoms with E-state index in [0.717, 1.165) is 15.6 Å². The lowest BCUT2D eigenvalue weighted by atomic mass is 10.2. The molecule has 158 valence electrons. The third kappa shape index (κ3) is 4.70. The highest BCUT2D eigenvalue weighted by molar-refractivity contribution is 9.10. The van der Waals surface area contributed by atoms with Crippen molar-refractivity contribution in [3.8, 4) is 11.5 Å². The van der Waals surface area contributed by atoms with Crippen molar-refractivity contribution in [3.63, 3.8) is 0 Å². The van der Waals surface area contributed by atoms with Crippen LogP contribution in [0.5, 0.6) is 0 Å². The lowest BCUT2D eigenvalue weighted by Crippen LogP contribution is -2.07. The average Bonchev–Trinajstić information content (AvgIpc) is 3.19. The second-order valence-electron chi connectivity index (χ2n) is 6.96. The van der Waals surface area contributed by atoms with E-state index in [1.807, 2.05) is 19.1 Å². The molecule has 1 N–H and O–H groups in total. The molecular weight excluding hydrogens is 483 g/mol. The van der Waals surface area contributed by atoms with Crippen LogP contribution in [0.3, 0.4) is 0 Å². The predicted molar refractivity (Wildman–Crippen MR) is 120 cm³/mol. The SMILES string of the molecule is Cc1ccc(S(=O)(=O)c2nc(-c3ccc(Br)cc3)oc2NCc2ccc(F)cc2)cc1. The number of anilines is 1. The molecule has 31 heavy (non-hydrogen) atoms. The third-order valence-electron chi connectivity index (χ3n) is 4.64. The van der Waals surface area contributed by atoms with Crippen molar-refractivity contribution in [2.75, 3.05) is 5.32 Å². The number of halogens is 2. The number of rotatable bonds is 6. The highest BCUT2D eigenvalue weighted by Gasteiger charge is 2.28. The van der Waals surface area contributed by atoms with Gasteiger partial charge in [-0.05, 0) is 61.0 Å². The van der Waals surface area contributed by atoms with Crippen LogP contribution >= 0.6 is 15.9 Å². The fraction of sp³-hybridized carbons (Fsp3) is 0.0870. The summed E-state index contributed by atoms with van der Waals surface area (Å²) >= 11 is 3.38. The number of hydrogen-bond donors (Lipinski definition) is 1. The Morgan fingerprint density at radius 3 is 2.26 bits per heavy atom. The zero-order chi connectivity index (χ0) is 22.0. The van der Waals surface area contributed by atoms with Crippen molar-refractivity contribution < 1.29 is 17.2 Å². The second-order valence-corrected chi connectivity index (χ2v) is 9.74. The van der Waals surface area contributed by atoms with E-state index in [1.165, 1.54) is 12.1 Å². The summed E-state index contributed by atoms with van der Waals surface area (Å²) in [6, 6.07) is 19.7. The van der Waals surface area contributed by atoms with Crippen molar-refractivity contribution in [2.45, 2.75) is 23.4 Å². The summed E-state index contributed by atoms with van der Waals surface area (Å²) in [5.41, 5.74) is 2.35. The summed E-state index contributed by atoms with van der Waals surface area (Å²) in [6.07, 6.45) is 0.